The third-order valence-corrected chi connectivity index (χ3v) is 3.76. The second-order valence-electron chi connectivity index (χ2n) is 3.57. The molecule has 0 unspecified atom stereocenters. The van der Waals surface area contributed by atoms with Gasteiger partial charge in [-0.1, -0.05) is 21.1 Å². The normalized spacial score (nSPS) is 10.8. The van der Waals surface area contributed by atoms with Crippen molar-refractivity contribution in [1.82, 2.24) is 10.1 Å². The highest BCUT2D eigenvalue weighted by molar-refractivity contribution is 9.10. The molecule has 3 nitrogen and oxygen atoms in total. The van der Waals surface area contributed by atoms with Gasteiger partial charge < -0.3 is 4.52 Å². The molecule has 1 heterocycles. The van der Waals surface area contributed by atoms with E-state index in [2.05, 4.69) is 26.1 Å². The zero-order valence-electron chi connectivity index (χ0n) is 8.92. The van der Waals surface area contributed by atoms with Crippen molar-refractivity contribution in [3.05, 3.63) is 33.6 Å². The van der Waals surface area contributed by atoms with Crippen LogP contribution in [0, 0.1) is 13.8 Å². The Morgan fingerprint density at radius 3 is 2.44 bits per heavy atom. The lowest BCUT2D eigenvalue weighted by Gasteiger charge is -2.04. The Kier molecular flexibility index (Phi) is 3.30. The number of alkyl halides is 1. The van der Waals surface area contributed by atoms with Crippen LogP contribution in [0.25, 0.3) is 11.4 Å². The first-order chi connectivity index (χ1) is 7.61. The van der Waals surface area contributed by atoms with Crippen molar-refractivity contribution in [2.24, 2.45) is 0 Å². The lowest BCUT2D eigenvalue weighted by molar-refractivity contribution is 0.391. The molecule has 0 bridgehead atoms. The maximum absolute atomic E-state index is 5.61. The van der Waals surface area contributed by atoms with Gasteiger partial charge in [-0.05, 0) is 37.1 Å². The standard InChI is InChI=1S/C11H10BrClN2O/c1-6-3-8(4-7(2)10(6)12)11-14-9(5-13)16-15-11/h3-4H,5H2,1-2H3. The van der Waals surface area contributed by atoms with Gasteiger partial charge in [-0.25, -0.2) is 0 Å². The molecule has 0 saturated carbocycles. The van der Waals surface area contributed by atoms with E-state index in [-0.39, 0.29) is 5.88 Å². The van der Waals surface area contributed by atoms with Crippen LogP contribution in [0.4, 0.5) is 0 Å². The molecule has 0 aliphatic carbocycles. The van der Waals surface area contributed by atoms with E-state index < -0.39 is 0 Å². The van der Waals surface area contributed by atoms with E-state index >= 15 is 0 Å². The number of aromatic nitrogens is 2. The number of rotatable bonds is 2. The molecular weight excluding hydrogens is 291 g/mol. The zero-order chi connectivity index (χ0) is 11.7. The minimum atomic E-state index is 0.238. The van der Waals surface area contributed by atoms with E-state index in [1.807, 2.05) is 26.0 Å². The molecule has 0 radical (unpaired) electrons. The summed E-state index contributed by atoms with van der Waals surface area (Å²) in [6.45, 7) is 4.06. The topological polar surface area (TPSA) is 38.9 Å². The zero-order valence-corrected chi connectivity index (χ0v) is 11.3. The molecule has 1 aromatic heterocycles. The number of nitrogens with zero attached hydrogens (tertiary/aromatic N) is 2. The smallest absolute Gasteiger partial charge is 0.241 e. The Labute approximate surface area is 107 Å². The minimum absolute atomic E-state index is 0.238. The van der Waals surface area contributed by atoms with Gasteiger partial charge in [0.25, 0.3) is 0 Å². The molecule has 1 aromatic carbocycles. The third-order valence-electron chi connectivity index (χ3n) is 2.28. The Balaban J connectivity index is 2.48. The van der Waals surface area contributed by atoms with E-state index in [1.54, 1.807) is 0 Å². The quantitative estimate of drug-likeness (QED) is 0.791. The van der Waals surface area contributed by atoms with Crippen molar-refractivity contribution in [2.75, 3.05) is 0 Å². The van der Waals surface area contributed by atoms with Gasteiger partial charge in [-0.15, -0.1) is 11.6 Å². The van der Waals surface area contributed by atoms with Crippen molar-refractivity contribution in [2.45, 2.75) is 19.7 Å². The Hall–Kier alpha value is -0.870. The molecule has 16 heavy (non-hydrogen) atoms. The second-order valence-corrected chi connectivity index (χ2v) is 4.63. The van der Waals surface area contributed by atoms with Crippen molar-refractivity contribution in [3.8, 4) is 11.4 Å². The fourth-order valence-electron chi connectivity index (χ4n) is 1.50. The molecule has 0 aliphatic rings. The minimum Gasteiger partial charge on any atom is -0.338 e. The van der Waals surface area contributed by atoms with Gasteiger partial charge in [-0.3, -0.25) is 0 Å². The molecular formula is C11H10BrClN2O. The molecule has 0 fully saturated rings. The summed E-state index contributed by atoms with van der Waals surface area (Å²) in [6.07, 6.45) is 0. The monoisotopic (exact) mass is 300 g/mol. The van der Waals surface area contributed by atoms with Crippen LogP contribution in [0.15, 0.2) is 21.1 Å². The fraction of sp³-hybridized carbons (Fsp3) is 0.273. The lowest BCUT2D eigenvalue weighted by atomic mass is 10.1. The molecule has 2 aromatic rings. The van der Waals surface area contributed by atoms with E-state index in [4.69, 9.17) is 16.1 Å². The molecule has 2 rings (SSSR count). The first-order valence-electron chi connectivity index (χ1n) is 4.77. The highest BCUT2D eigenvalue weighted by Crippen LogP contribution is 2.27. The average Bonchev–Trinajstić information content (AvgIpc) is 2.73. The van der Waals surface area contributed by atoms with Crippen molar-refractivity contribution in [3.63, 3.8) is 0 Å². The van der Waals surface area contributed by atoms with Crippen molar-refractivity contribution >= 4 is 27.5 Å². The van der Waals surface area contributed by atoms with E-state index in [1.165, 1.54) is 0 Å². The van der Waals surface area contributed by atoms with E-state index in [0.29, 0.717) is 11.7 Å². The molecule has 0 saturated heterocycles. The van der Waals surface area contributed by atoms with Gasteiger partial charge >= 0.3 is 0 Å². The first-order valence-corrected chi connectivity index (χ1v) is 6.10. The Morgan fingerprint density at radius 2 is 1.94 bits per heavy atom. The summed E-state index contributed by atoms with van der Waals surface area (Å²) < 4.78 is 6.08. The van der Waals surface area contributed by atoms with Crippen LogP contribution in [-0.2, 0) is 5.88 Å². The van der Waals surface area contributed by atoms with Crippen LogP contribution in [0.5, 0.6) is 0 Å². The number of hydrogen-bond donors (Lipinski definition) is 0. The van der Waals surface area contributed by atoms with Gasteiger partial charge in [0.15, 0.2) is 0 Å². The lowest BCUT2D eigenvalue weighted by Crippen LogP contribution is -1.87. The van der Waals surface area contributed by atoms with Gasteiger partial charge in [0.2, 0.25) is 11.7 Å². The fourth-order valence-corrected chi connectivity index (χ4v) is 1.84. The first kappa shape index (κ1) is 11.6. The molecule has 84 valence electrons. The van der Waals surface area contributed by atoms with Crippen LogP contribution in [0.1, 0.15) is 17.0 Å². The van der Waals surface area contributed by atoms with Crippen LogP contribution in [0.2, 0.25) is 0 Å². The van der Waals surface area contributed by atoms with Gasteiger partial charge in [0.1, 0.15) is 5.88 Å². The number of benzene rings is 1. The van der Waals surface area contributed by atoms with Crippen molar-refractivity contribution in [1.29, 1.82) is 0 Å². The van der Waals surface area contributed by atoms with Crippen LogP contribution in [-0.4, -0.2) is 10.1 Å². The maximum atomic E-state index is 5.61. The van der Waals surface area contributed by atoms with Crippen molar-refractivity contribution < 1.29 is 4.52 Å². The summed E-state index contributed by atoms with van der Waals surface area (Å²) in [6, 6.07) is 4.03. The molecule has 0 aliphatic heterocycles. The average molecular weight is 302 g/mol. The highest BCUT2D eigenvalue weighted by Gasteiger charge is 2.10. The second kappa shape index (κ2) is 4.55. The summed E-state index contributed by atoms with van der Waals surface area (Å²) in [4.78, 5) is 4.19. The molecule has 0 amide bonds. The number of hydrogen-bond acceptors (Lipinski definition) is 3. The molecule has 0 spiro atoms. The van der Waals surface area contributed by atoms with Crippen LogP contribution in [0.3, 0.4) is 0 Å². The maximum Gasteiger partial charge on any atom is 0.241 e. The molecule has 0 atom stereocenters. The predicted molar refractivity (Wildman–Crippen MR) is 66.5 cm³/mol. The summed E-state index contributed by atoms with van der Waals surface area (Å²) >= 11 is 9.13. The summed E-state index contributed by atoms with van der Waals surface area (Å²) in [7, 11) is 0. The van der Waals surface area contributed by atoms with Gasteiger partial charge in [0.05, 0.1) is 0 Å². The highest BCUT2D eigenvalue weighted by atomic mass is 79.9. The number of aryl methyl sites for hydroxylation is 2. The number of halogens is 2. The molecule has 0 N–H and O–H groups in total. The predicted octanol–water partition coefficient (Wildman–Crippen LogP) is 3.85. The van der Waals surface area contributed by atoms with E-state index in [0.717, 1.165) is 21.2 Å². The summed E-state index contributed by atoms with van der Waals surface area (Å²) in [5.74, 6) is 1.26. The van der Waals surface area contributed by atoms with E-state index in [9.17, 15) is 0 Å². The molecule has 5 heteroatoms. The largest absolute Gasteiger partial charge is 0.338 e. The Bertz CT molecular complexity index is 501. The summed E-state index contributed by atoms with van der Waals surface area (Å²) in [5.41, 5.74) is 3.23. The van der Waals surface area contributed by atoms with Gasteiger partial charge in [0, 0.05) is 10.0 Å². The third kappa shape index (κ3) is 2.13. The SMILES string of the molecule is Cc1cc(-c2noc(CCl)n2)cc(C)c1Br. The van der Waals surface area contributed by atoms with Crippen LogP contribution >= 0.6 is 27.5 Å². The van der Waals surface area contributed by atoms with Gasteiger partial charge in [-0.2, -0.15) is 4.98 Å². The summed E-state index contributed by atoms with van der Waals surface area (Å²) in [5, 5.41) is 3.88. The van der Waals surface area contributed by atoms with Crippen LogP contribution < -0.4 is 0 Å². The Morgan fingerprint density at radius 1 is 1.31 bits per heavy atom.